The van der Waals surface area contributed by atoms with E-state index in [9.17, 15) is 0 Å². The monoisotopic (exact) mass is 252 g/mol. The van der Waals surface area contributed by atoms with Crippen molar-refractivity contribution in [2.75, 3.05) is 13.1 Å². The molecule has 2 heteroatoms. The first-order valence-electron chi connectivity index (χ1n) is 8.16. The topological polar surface area (TPSA) is 29.3 Å². The molecule has 2 fully saturated rings. The Hall–Kier alpha value is -0.0800. The van der Waals surface area contributed by atoms with Crippen molar-refractivity contribution in [1.29, 1.82) is 0 Å². The fourth-order valence-electron chi connectivity index (χ4n) is 4.03. The third-order valence-corrected chi connectivity index (χ3v) is 5.20. The highest BCUT2D eigenvalue weighted by molar-refractivity contribution is 5.02. The van der Waals surface area contributed by atoms with Crippen LogP contribution in [0.25, 0.3) is 0 Å². The summed E-state index contributed by atoms with van der Waals surface area (Å²) in [7, 11) is 0. The van der Waals surface area contributed by atoms with Gasteiger partial charge >= 0.3 is 0 Å². The van der Waals surface area contributed by atoms with Crippen LogP contribution in [0, 0.1) is 5.92 Å². The quantitative estimate of drug-likeness (QED) is 0.811. The van der Waals surface area contributed by atoms with Crippen molar-refractivity contribution in [3.8, 4) is 0 Å². The molecular formula is C16H32N2. The first-order valence-corrected chi connectivity index (χ1v) is 8.16. The summed E-state index contributed by atoms with van der Waals surface area (Å²) in [6, 6.07) is 0.403. The minimum absolute atomic E-state index is 0.370. The van der Waals surface area contributed by atoms with Crippen molar-refractivity contribution in [3.63, 3.8) is 0 Å². The van der Waals surface area contributed by atoms with E-state index in [2.05, 4.69) is 18.7 Å². The van der Waals surface area contributed by atoms with Crippen molar-refractivity contribution in [3.05, 3.63) is 0 Å². The highest BCUT2D eigenvalue weighted by Crippen LogP contribution is 2.40. The van der Waals surface area contributed by atoms with Gasteiger partial charge in [-0.3, -0.25) is 4.90 Å². The third-order valence-electron chi connectivity index (χ3n) is 5.20. The summed E-state index contributed by atoms with van der Waals surface area (Å²) in [6.45, 7) is 7.23. The molecule has 1 aliphatic heterocycles. The van der Waals surface area contributed by atoms with Gasteiger partial charge in [-0.2, -0.15) is 0 Å². The van der Waals surface area contributed by atoms with E-state index >= 15 is 0 Å². The molecule has 1 saturated heterocycles. The van der Waals surface area contributed by atoms with Crippen LogP contribution in [-0.2, 0) is 0 Å². The van der Waals surface area contributed by atoms with E-state index in [0.29, 0.717) is 11.6 Å². The van der Waals surface area contributed by atoms with Crippen molar-refractivity contribution in [2.24, 2.45) is 11.7 Å². The third kappa shape index (κ3) is 3.08. The zero-order chi connectivity index (χ0) is 13.0. The van der Waals surface area contributed by atoms with E-state index in [4.69, 9.17) is 5.73 Å². The summed E-state index contributed by atoms with van der Waals surface area (Å²) in [4.78, 5) is 2.77. The smallest absolute Gasteiger partial charge is 0.0360 e. The van der Waals surface area contributed by atoms with Crippen LogP contribution in [0.5, 0.6) is 0 Å². The van der Waals surface area contributed by atoms with Crippen LogP contribution in [0.3, 0.4) is 0 Å². The van der Waals surface area contributed by atoms with E-state index in [1.807, 2.05) is 0 Å². The molecule has 2 N–H and O–H groups in total. The Morgan fingerprint density at radius 3 is 2.11 bits per heavy atom. The second-order valence-electron chi connectivity index (χ2n) is 6.94. The van der Waals surface area contributed by atoms with Crippen molar-refractivity contribution >= 4 is 0 Å². The van der Waals surface area contributed by atoms with Crippen LogP contribution in [0.2, 0.25) is 0 Å². The van der Waals surface area contributed by atoms with E-state index < -0.39 is 0 Å². The average Bonchev–Trinajstić information content (AvgIpc) is 2.87. The Bertz CT molecular complexity index is 237. The van der Waals surface area contributed by atoms with Gasteiger partial charge in [0.2, 0.25) is 0 Å². The number of hydrogen-bond acceptors (Lipinski definition) is 2. The highest BCUT2D eigenvalue weighted by Gasteiger charge is 2.44. The number of piperidine rings is 1. The number of nitrogens with zero attached hydrogens (tertiary/aromatic N) is 1. The molecule has 0 aromatic heterocycles. The Morgan fingerprint density at radius 1 is 0.944 bits per heavy atom. The maximum Gasteiger partial charge on any atom is 0.0360 e. The second-order valence-corrected chi connectivity index (χ2v) is 6.94. The van der Waals surface area contributed by atoms with Gasteiger partial charge in [0.15, 0.2) is 0 Å². The molecule has 2 nitrogen and oxygen atoms in total. The van der Waals surface area contributed by atoms with E-state index in [-0.39, 0.29) is 0 Å². The van der Waals surface area contributed by atoms with Gasteiger partial charge in [0.1, 0.15) is 0 Å². The van der Waals surface area contributed by atoms with Gasteiger partial charge in [-0.1, -0.05) is 33.1 Å². The lowest BCUT2D eigenvalue weighted by atomic mass is 9.82. The van der Waals surface area contributed by atoms with Gasteiger partial charge in [-0.15, -0.1) is 0 Å². The number of rotatable bonds is 5. The molecule has 2 aliphatic rings. The summed E-state index contributed by atoms with van der Waals surface area (Å²) >= 11 is 0. The Labute approximate surface area is 113 Å². The van der Waals surface area contributed by atoms with Gasteiger partial charge in [0.05, 0.1) is 0 Å². The molecule has 1 atom stereocenters. The van der Waals surface area contributed by atoms with E-state index in [0.717, 1.165) is 5.92 Å². The first-order chi connectivity index (χ1) is 8.65. The van der Waals surface area contributed by atoms with Crippen LogP contribution in [-0.4, -0.2) is 29.6 Å². The number of hydrogen-bond donors (Lipinski definition) is 1. The number of likely N-dealkylation sites (tertiary alicyclic amines) is 1. The van der Waals surface area contributed by atoms with Crippen molar-refractivity contribution in [2.45, 2.75) is 83.2 Å². The van der Waals surface area contributed by atoms with Gasteiger partial charge in [0.25, 0.3) is 0 Å². The molecule has 1 unspecified atom stereocenters. The highest BCUT2D eigenvalue weighted by atomic mass is 15.2. The van der Waals surface area contributed by atoms with Crippen LogP contribution >= 0.6 is 0 Å². The Balaban J connectivity index is 2.00. The summed E-state index contributed by atoms with van der Waals surface area (Å²) < 4.78 is 0. The minimum atomic E-state index is 0.370. The maximum atomic E-state index is 6.65. The van der Waals surface area contributed by atoms with Gasteiger partial charge in [-0.25, -0.2) is 0 Å². The maximum absolute atomic E-state index is 6.65. The van der Waals surface area contributed by atoms with Crippen molar-refractivity contribution in [1.82, 2.24) is 4.90 Å². The fraction of sp³-hybridized carbons (Fsp3) is 1.00. The van der Waals surface area contributed by atoms with Crippen LogP contribution in [0.15, 0.2) is 0 Å². The summed E-state index contributed by atoms with van der Waals surface area (Å²) in [5.41, 5.74) is 7.02. The minimum Gasteiger partial charge on any atom is -0.326 e. The van der Waals surface area contributed by atoms with E-state index in [1.165, 1.54) is 70.9 Å². The average molecular weight is 252 g/mol. The zero-order valence-corrected chi connectivity index (χ0v) is 12.5. The molecule has 18 heavy (non-hydrogen) atoms. The van der Waals surface area contributed by atoms with Crippen LogP contribution < -0.4 is 5.73 Å². The molecule has 1 aliphatic carbocycles. The SMILES string of the molecule is CC(C)CCC(N)C1(N2CCCCC2)CCCC1. The first kappa shape index (κ1) is 14.3. The number of nitrogens with two attached hydrogens (primary N) is 1. The molecule has 1 heterocycles. The Kier molecular flexibility index (Phi) is 5.08. The lowest BCUT2D eigenvalue weighted by Crippen LogP contribution is -2.59. The molecule has 0 amide bonds. The zero-order valence-electron chi connectivity index (χ0n) is 12.5. The summed E-state index contributed by atoms with van der Waals surface area (Å²) in [5.74, 6) is 0.788. The van der Waals surface area contributed by atoms with Gasteiger partial charge in [0, 0.05) is 11.6 Å². The lowest BCUT2D eigenvalue weighted by Gasteiger charge is -2.47. The molecule has 0 bridgehead atoms. The predicted octanol–water partition coefficient (Wildman–Crippen LogP) is 3.55. The lowest BCUT2D eigenvalue weighted by molar-refractivity contribution is 0.0443. The molecule has 0 spiro atoms. The molecule has 0 aromatic rings. The van der Waals surface area contributed by atoms with Crippen molar-refractivity contribution < 1.29 is 0 Å². The molecule has 1 saturated carbocycles. The fourth-order valence-corrected chi connectivity index (χ4v) is 4.03. The standard InChI is InChI=1S/C16H32N2/c1-14(2)8-9-15(17)16(10-4-5-11-16)18-12-6-3-7-13-18/h14-15H,3-13,17H2,1-2H3. The normalized spacial score (nSPS) is 26.7. The van der Waals surface area contributed by atoms with E-state index in [1.54, 1.807) is 0 Å². The summed E-state index contributed by atoms with van der Waals surface area (Å²) in [6.07, 6.45) is 12.2. The van der Waals surface area contributed by atoms with Crippen LogP contribution in [0.4, 0.5) is 0 Å². The van der Waals surface area contributed by atoms with Gasteiger partial charge in [-0.05, 0) is 57.5 Å². The predicted molar refractivity (Wildman–Crippen MR) is 78.7 cm³/mol. The summed E-state index contributed by atoms with van der Waals surface area (Å²) in [5, 5.41) is 0. The second kappa shape index (κ2) is 6.38. The van der Waals surface area contributed by atoms with Gasteiger partial charge < -0.3 is 5.73 Å². The largest absolute Gasteiger partial charge is 0.326 e. The Morgan fingerprint density at radius 2 is 1.56 bits per heavy atom. The molecule has 106 valence electrons. The molecule has 0 radical (unpaired) electrons. The molecule has 0 aromatic carbocycles. The van der Waals surface area contributed by atoms with Crippen LogP contribution in [0.1, 0.15) is 71.6 Å². The molecule has 2 rings (SSSR count). The molecular weight excluding hydrogens is 220 g/mol.